The van der Waals surface area contributed by atoms with Crippen LogP contribution < -0.4 is 0 Å². The van der Waals surface area contributed by atoms with Crippen LogP contribution in [0.1, 0.15) is 27.3 Å². The molecule has 0 radical (unpaired) electrons. The SMILES string of the molecule is C=Cc1ccc(C)c(C(=NC)c2ccc3nc(C)sc3c2)c1. The van der Waals surface area contributed by atoms with Gasteiger partial charge in [0.2, 0.25) is 0 Å². The summed E-state index contributed by atoms with van der Waals surface area (Å²) < 4.78 is 1.20. The highest BCUT2D eigenvalue weighted by atomic mass is 32.1. The number of nitrogens with zero attached hydrogens (tertiary/aromatic N) is 2. The average molecular weight is 306 g/mol. The summed E-state index contributed by atoms with van der Waals surface area (Å²) in [5, 5.41) is 1.09. The van der Waals surface area contributed by atoms with Crippen LogP contribution in [0.5, 0.6) is 0 Å². The van der Waals surface area contributed by atoms with Gasteiger partial charge in [-0.25, -0.2) is 4.98 Å². The Morgan fingerprint density at radius 1 is 1.18 bits per heavy atom. The average Bonchev–Trinajstić information content (AvgIpc) is 2.89. The molecule has 0 atom stereocenters. The molecule has 3 aromatic rings. The van der Waals surface area contributed by atoms with Gasteiger partial charge in [0.05, 0.1) is 20.9 Å². The van der Waals surface area contributed by atoms with Gasteiger partial charge in [0, 0.05) is 18.2 Å². The summed E-state index contributed by atoms with van der Waals surface area (Å²) in [4.78, 5) is 9.07. The Hall–Kier alpha value is -2.26. The van der Waals surface area contributed by atoms with Gasteiger partial charge in [-0.2, -0.15) is 0 Å². The van der Waals surface area contributed by atoms with Gasteiger partial charge in [0.25, 0.3) is 0 Å². The van der Waals surface area contributed by atoms with Crippen molar-refractivity contribution in [2.24, 2.45) is 4.99 Å². The maximum absolute atomic E-state index is 4.54. The van der Waals surface area contributed by atoms with Crippen molar-refractivity contribution in [3.63, 3.8) is 0 Å². The molecule has 3 rings (SSSR count). The van der Waals surface area contributed by atoms with Crippen molar-refractivity contribution in [2.75, 3.05) is 7.05 Å². The molecule has 0 spiro atoms. The molecule has 0 aliphatic rings. The predicted molar refractivity (Wildman–Crippen MR) is 97.2 cm³/mol. The monoisotopic (exact) mass is 306 g/mol. The van der Waals surface area contributed by atoms with E-state index in [1.165, 1.54) is 10.3 Å². The van der Waals surface area contributed by atoms with Crippen LogP contribution in [0.3, 0.4) is 0 Å². The second-order valence-electron chi connectivity index (χ2n) is 5.27. The number of benzene rings is 2. The summed E-state index contributed by atoms with van der Waals surface area (Å²) in [5.74, 6) is 0. The van der Waals surface area contributed by atoms with E-state index in [2.05, 4.69) is 59.9 Å². The largest absolute Gasteiger partial charge is 0.287 e. The van der Waals surface area contributed by atoms with Crippen LogP contribution in [0.15, 0.2) is 48.0 Å². The van der Waals surface area contributed by atoms with Crippen molar-refractivity contribution < 1.29 is 0 Å². The predicted octanol–water partition coefficient (Wildman–Crippen LogP) is 5.02. The number of hydrogen-bond acceptors (Lipinski definition) is 3. The lowest BCUT2D eigenvalue weighted by atomic mass is 9.96. The van der Waals surface area contributed by atoms with E-state index in [9.17, 15) is 0 Å². The molecule has 2 aromatic carbocycles. The summed E-state index contributed by atoms with van der Waals surface area (Å²) >= 11 is 1.72. The molecular weight excluding hydrogens is 288 g/mol. The van der Waals surface area contributed by atoms with Crippen LogP contribution in [0.2, 0.25) is 0 Å². The van der Waals surface area contributed by atoms with E-state index in [-0.39, 0.29) is 0 Å². The van der Waals surface area contributed by atoms with Crippen molar-refractivity contribution in [1.82, 2.24) is 4.98 Å². The molecule has 0 saturated carbocycles. The molecule has 110 valence electrons. The van der Waals surface area contributed by atoms with Crippen LogP contribution in [0.25, 0.3) is 16.3 Å². The minimum atomic E-state index is 1.01. The van der Waals surface area contributed by atoms with Crippen molar-refractivity contribution in [2.45, 2.75) is 13.8 Å². The summed E-state index contributed by atoms with van der Waals surface area (Å²) in [5.41, 5.74) is 6.67. The van der Waals surface area contributed by atoms with Crippen LogP contribution >= 0.6 is 11.3 Å². The molecule has 0 aliphatic carbocycles. The van der Waals surface area contributed by atoms with Gasteiger partial charge in [-0.3, -0.25) is 4.99 Å². The highest BCUT2D eigenvalue weighted by molar-refractivity contribution is 7.18. The van der Waals surface area contributed by atoms with E-state index in [1.54, 1.807) is 11.3 Å². The second-order valence-corrected chi connectivity index (χ2v) is 6.50. The number of rotatable bonds is 3. The van der Waals surface area contributed by atoms with Gasteiger partial charge in [0.1, 0.15) is 0 Å². The Balaban J connectivity index is 2.15. The molecular formula is C19H18N2S. The molecule has 0 unspecified atom stereocenters. The summed E-state index contributed by atoms with van der Waals surface area (Å²) in [6.07, 6.45) is 1.87. The normalized spacial score (nSPS) is 11.9. The molecule has 0 bridgehead atoms. The third-order valence-corrected chi connectivity index (χ3v) is 4.68. The topological polar surface area (TPSA) is 25.2 Å². The lowest BCUT2D eigenvalue weighted by Gasteiger charge is -2.11. The molecule has 0 aliphatic heterocycles. The molecule has 3 heteroatoms. The minimum absolute atomic E-state index is 1.01. The van der Waals surface area contributed by atoms with Gasteiger partial charge < -0.3 is 0 Å². The summed E-state index contributed by atoms with van der Waals surface area (Å²) in [6.45, 7) is 8.01. The van der Waals surface area contributed by atoms with E-state index in [4.69, 9.17) is 0 Å². The Kier molecular flexibility index (Phi) is 3.90. The first kappa shape index (κ1) is 14.7. The van der Waals surface area contributed by atoms with Crippen molar-refractivity contribution in [3.8, 4) is 0 Å². The Morgan fingerprint density at radius 3 is 2.73 bits per heavy atom. The number of aryl methyl sites for hydroxylation is 2. The molecule has 22 heavy (non-hydrogen) atoms. The van der Waals surface area contributed by atoms with Crippen LogP contribution in [0.4, 0.5) is 0 Å². The fraction of sp³-hybridized carbons (Fsp3) is 0.158. The van der Waals surface area contributed by atoms with Crippen LogP contribution in [-0.4, -0.2) is 17.7 Å². The highest BCUT2D eigenvalue weighted by Crippen LogP contribution is 2.25. The smallest absolute Gasteiger partial charge is 0.0907 e. The maximum Gasteiger partial charge on any atom is 0.0907 e. The third kappa shape index (κ3) is 2.60. The number of fused-ring (bicyclic) bond motifs is 1. The third-order valence-electron chi connectivity index (χ3n) is 3.74. The van der Waals surface area contributed by atoms with Gasteiger partial charge >= 0.3 is 0 Å². The quantitative estimate of drug-likeness (QED) is 0.623. The molecule has 2 nitrogen and oxygen atoms in total. The van der Waals surface area contributed by atoms with E-state index >= 15 is 0 Å². The van der Waals surface area contributed by atoms with E-state index in [0.717, 1.165) is 32.9 Å². The fourth-order valence-corrected chi connectivity index (χ4v) is 3.48. The van der Waals surface area contributed by atoms with Gasteiger partial charge in [-0.1, -0.05) is 30.9 Å². The minimum Gasteiger partial charge on any atom is -0.287 e. The van der Waals surface area contributed by atoms with E-state index in [1.807, 2.05) is 20.0 Å². The molecule has 0 N–H and O–H groups in total. The Labute approximate surface area is 134 Å². The zero-order valence-electron chi connectivity index (χ0n) is 13.1. The fourth-order valence-electron chi connectivity index (χ4n) is 2.61. The standard InChI is InChI=1S/C19H18N2S/c1-5-14-7-6-12(2)16(10-14)19(20-4)15-8-9-17-18(11-15)22-13(3)21-17/h5-11H,1H2,2-4H3. The molecule has 0 saturated heterocycles. The lowest BCUT2D eigenvalue weighted by Crippen LogP contribution is -2.05. The van der Waals surface area contributed by atoms with Gasteiger partial charge in [-0.05, 0) is 43.2 Å². The van der Waals surface area contributed by atoms with Gasteiger partial charge in [0.15, 0.2) is 0 Å². The number of aliphatic imine (C=N–C) groups is 1. The zero-order valence-corrected chi connectivity index (χ0v) is 13.9. The summed E-state index contributed by atoms with van der Waals surface area (Å²) in [6, 6.07) is 12.7. The van der Waals surface area contributed by atoms with E-state index < -0.39 is 0 Å². The van der Waals surface area contributed by atoms with Crippen LogP contribution in [0, 0.1) is 13.8 Å². The Bertz CT molecular complexity index is 888. The van der Waals surface area contributed by atoms with Crippen molar-refractivity contribution in [3.05, 3.63) is 70.2 Å². The van der Waals surface area contributed by atoms with Crippen molar-refractivity contribution in [1.29, 1.82) is 0 Å². The highest BCUT2D eigenvalue weighted by Gasteiger charge is 2.11. The lowest BCUT2D eigenvalue weighted by molar-refractivity contribution is 1.34. The Morgan fingerprint density at radius 2 is 2.00 bits per heavy atom. The number of hydrogen-bond donors (Lipinski definition) is 0. The number of aromatic nitrogens is 1. The van der Waals surface area contributed by atoms with Gasteiger partial charge in [-0.15, -0.1) is 11.3 Å². The van der Waals surface area contributed by atoms with E-state index in [0.29, 0.717) is 0 Å². The molecule has 1 heterocycles. The molecule has 0 fully saturated rings. The zero-order chi connectivity index (χ0) is 15.7. The maximum atomic E-state index is 4.54. The summed E-state index contributed by atoms with van der Waals surface area (Å²) in [7, 11) is 1.84. The molecule has 0 amide bonds. The first-order valence-electron chi connectivity index (χ1n) is 7.20. The van der Waals surface area contributed by atoms with Crippen molar-refractivity contribution >= 4 is 33.3 Å². The first-order chi connectivity index (χ1) is 10.6. The van der Waals surface area contributed by atoms with Crippen LogP contribution in [-0.2, 0) is 0 Å². The first-order valence-corrected chi connectivity index (χ1v) is 8.02. The second kappa shape index (κ2) is 5.85. The molecule has 1 aromatic heterocycles. The number of thiazole rings is 1.